The predicted molar refractivity (Wildman–Crippen MR) is 116 cm³/mol. The van der Waals surface area contributed by atoms with E-state index in [1.807, 2.05) is 25.1 Å². The van der Waals surface area contributed by atoms with Crippen LogP contribution < -0.4 is 0 Å². The van der Waals surface area contributed by atoms with Crippen molar-refractivity contribution in [3.8, 4) is 0 Å². The first kappa shape index (κ1) is 19.8. The summed E-state index contributed by atoms with van der Waals surface area (Å²) in [6.07, 6.45) is 11.4. The second kappa shape index (κ2) is 7.22. The minimum absolute atomic E-state index is 0.222. The van der Waals surface area contributed by atoms with Gasteiger partial charge in [0.2, 0.25) is 0 Å². The number of carbonyl (C=O) groups is 1. The van der Waals surface area contributed by atoms with Crippen molar-refractivity contribution in [3.05, 3.63) is 35.9 Å². The molecular weight excluding hydrogens is 356 g/mol. The number of carbonyl (C=O) groups excluding carboxylic acids is 1. The first-order valence-corrected chi connectivity index (χ1v) is 12.2. The molecule has 8 unspecified atom stereocenters. The van der Waals surface area contributed by atoms with E-state index in [1.54, 1.807) is 0 Å². The lowest BCUT2D eigenvalue weighted by Crippen LogP contribution is -2.51. The number of ketones is 1. The molecule has 0 saturated heterocycles. The second-order valence-electron chi connectivity index (χ2n) is 11.5. The van der Waals surface area contributed by atoms with Gasteiger partial charge in [-0.25, -0.2) is 0 Å². The van der Waals surface area contributed by atoms with E-state index in [0.717, 1.165) is 48.9 Å². The van der Waals surface area contributed by atoms with Gasteiger partial charge in [0.1, 0.15) is 5.78 Å². The van der Waals surface area contributed by atoms with Crippen molar-refractivity contribution < 1.29 is 9.90 Å². The van der Waals surface area contributed by atoms with E-state index in [0.29, 0.717) is 12.2 Å². The zero-order chi connectivity index (χ0) is 20.2. The minimum atomic E-state index is -0.431. The fourth-order valence-electron chi connectivity index (χ4n) is 8.53. The smallest absolute Gasteiger partial charge is 0.140 e. The number of hydrogen-bond donors (Lipinski definition) is 1. The van der Waals surface area contributed by atoms with E-state index in [9.17, 15) is 9.90 Å². The van der Waals surface area contributed by atoms with Crippen molar-refractivity contribution in [2.24, 2.45) is 40.9 Å². The van der Waals surface area contributed by atoms with Gasteiger partial charge in [0.05, 0.1) is 5.60 Å². The molecule has 2 nitrogen and oxygen atoms in total. The van der Waals surface area contributed by atoms with Crippen LogP contribution in [0.5, 0.6) is 0 Å². The molecule has 0 heterocycles. The summed E-state index contributed by atoms with van der Waals surface area (Å²) in [6.45, 7) is 4.51. The van der Waals surface area contributed by atoms with Crippen molar-refractivity contribution in [2.45, 2.75) is 83.7 Å². The van der Waals surface area contributed by atoms with E-state index < -0.39 is 5.60 Å². The SMILES string of the molecule is CC1(O)CCC2C(CCC3C2CCC2(C)C(C(=O)Cc4ccccc4)CCC32)C1. The molecule has 1 aromatic carbocycles. The number of hydrogen-bond acceptors (Lipinski definition) is 2. The average molecular weight is 395 g/mol. The van der Waals surface area contributed by atoms with Gasteiger partial charge in [0.15, 0.2) is 0 Å². The molecule has 1 N–H and O–H groups in total. The van der Waals surface area contributed by atoms with Crippen LogP contribution in [0.4, 0.5) is 0 Å². The summed E-state index contributed by atoms with van der Waals surface area (Å²) >= 11 is 0. The zero-order valence-corrected chi connectivity index (χ0v) is 18.3. The molecule has 4 saturated carbocycles. The van der Waals surface area contributed by atoms with Crippen molar-refractivity contribution in [1.29, 1.82) is 0 Å². The van der Waals surface area contributed by atoms with Crippen LogP contribution in [0.3, 0.4) is 0 Å². The number of Topliss-reactive ketones (excluding diaryl/α,β-unsaturated/α-hetero) is 1. The highest BCUT2D eigenvalue weighted by Crippen LogP contribution is 2.64. The van der Waals surface area contributed by atoms with Crippen LogP contribution in [0.15, 0.2) is 30.3 Å². The van der Waals surface area contributed by atoms with Gasteiger partial charge in [0.25, 0.3) is 0 Å². The molecule has 4 aliphatic rings. The van der Waals surface area contributed by atoms with Crippen LogP contribution in [0.2, 0.25) is 0 Å². The Bertz CT molecular complexity index is 753. The molecule has 1 aromatic rings. The maximum atomic E-state index is 13.3. The second-order valence-corrected chi connectivity index (χ2v) is 11.5. The molecule has 0 radical (unpaired) electrons. The third kappa shape index (κ3) is 3.40. The van der Waals surface area contributed by atoms with E-state index in [-0.39, 0.29) is 11.3 Å². The highest BCUT2D eigenvalue weighted by atomic mass is 16.3. The lowest BCUT2D eigenvalue weighted by molar-refractivity contribution is -0.131. The Hall–Kier alpha value is -1.15. The maximum Gasteiger partial charge on any atom is 0.140 e. The van der Waals surface area contributed by atoms with Crippen LogP contribution in [-0.2, 0) is 11.2 Å². The van der Waals surface area contributed by atoms with Gasteiger partial charge < -0.3 is 5.11 Å². The van der Waals surface area contributed by atoms with Crippen LogP contribution in [0.1, 0.15) is 77.2 Å². The Kier molecular flexibility index (Phi) is 4.93. The maximum absolute atomic E-state index is 13.3. The zero-order valence-electron chi connectivity index (χ0n) is 18.3. The molecule has 0 bridgehead atoms. The number of benzene rings is 1. The Morgan fingerprint density at radius 2 is 1.69 bits per heavy atom. The van der Waals surface area contributed by atoms with Crippen molar-refractivity contribution in [2.75, 3.05) is 0 Å². The summed E-state index contributed by atoms with van der Waals surface area (Å²) in [5, 5.41) is 10.6. The largest absolute Gasteiger partial charge is 0.390 e. The summed E-state index contributed by atoms with van der Waals surface area (Å²) in [4.78, 5) is 13.3. The number of fused-ring (bicyclic) bond motifs is 5. The Morgan fingerprint density at radius 1 is 0.931 bits per heavy atom. The van der Waals surface area contributed by atoms with Gasteiger partial charge in [-0.05, 0) is 105 Å². The summed E-state index contributed by atoms with van der Waals surface area (Å²) in [5.41, 5.74) is 0.965. The van der Waals surface area contributed by atoms with Crippen molar-refractivity contribution in [1.82, 2.24) is 0 Å². The molecular formula is C27H38O2. The molecule has 4 aliphatic carbocycles. The lowest BCUT2D eigenvalue weighted by atomic mass is 9.49. The van der Waals surface area contributed by atoms with E-state index >= 15 is 0 Å². The first-order chi connectivity index (χ1) is 13.9. The molecule has 4 fully saturated rings. The van der Waals surface area contributed by atoms with Gasteiger partial charge in [-0.3, -0.25) is 4.79 Å². The highest BCUT2D eigenvalue weighted by Gasteiger charge is 2.58. The van der Waals surface area contributed by atoms with E-state index in [2.05, 4.69) is 19.1 Å². The third-order valence-electron chi connectivity index (χ3n) is 9.85. The molecule has 5 rings (SSSR count). The van der Waals surface area contributed by atoms with Crippen molar-refractivity contribution >= 4 is 5.78 Å². The van der Waals surface area contributed by atoms with Crippen LogP contribution >= 0.6 is 0 Å². The molecule has 0 aliphatic heterocycles. The molecule has 29 heavy (non-hydrogen) atoms. The summed E-state index contributed by atoms with van der Waals surface area (Å²) in [5.74, 6) is 4.74. The van der Waals surface area contributed by atoms with Crippen LogP contribution in [0.25, 0.3) is 0 Å². The topological polar surface area (TPSA) is 37.3 Å². The first-order valence-electron chi connectivity index (χ1n) is 12.2. The van der Waals surface area contributed by atoms with Gasteiger partial charge in [-0.1, -0.05) is 37.3 Å². The summed E-state index contributed by atoms with van der Waals surface area (Å²) in [7, 11) is 0. The quantitative estimate of drug-likeness (QED) is 0.701. The molecule has 0 amide bonds. The molecule has 158 valence electrons. The standard InChI is InChI=1S/C27H38O2/c1-26(29)14-12-20-19(17-26)8-9-22-21(20)13-15-27(2)23(22)10-11-24(27)25(28)16-18-6-4-3-5-7-18/h3-7,19-24,29H,8-17H2,1-2H3. The molecule has 0 aromatic heterocycles. The highest BCUT2D eigenvalue weighted by molar-refractivity contribution is 5.84. The van der Waals surface area contributed by atoms with Gasteiger partial charge >= 0.3 is 0 Å². The molecule has 2 heteroatoms. The summed E-state index contributed by atoms with van der Waals surface area (Å²) in [6, 6.07) is 10.3. The Balaban J connectivity index is 1.31. The minimum Gasteiger partial charge on any atom is -0.390 e. The van der Waals surface area contributed by atoms with Crippen LogP contribution in [0, 0.1) is 40.9 Å². The monoisotopic (exact) mass is 394 g/mol. The van der Waals surface area contributed by atoms with Crippen LogP contribution in [-0.4, -0.2) is 16.5 Å². The van der Waals surface area contributed by atoms with Gasteiger partial charge in [-0.2, -0.15) is 0 Å². The van der Waals surface area contributed by atoms with Gasteiger partial charge in [-0.15, -0.1) is 0 Å². The van der Waals surface area contributed by atoms with E-state index in [4.69, 9.17) is 0 Å². The fraction of sp³-hybridized carbons (Fsp3) is 0.741. The van der Waals surface area contributed by atoms with Gasteiger partial charge in [0, 0.05) is 12.3 Å². The Morgan fingerprint density at radius 3 is 2.48 bits per heavy atom. The lowest BCUT2D eigenvalue weighted by Gasteiger charge is -2.56. The predicted octanol–water partition coefficient (Wildman–Crippen LogP) is 5.82. The average Bonchev–Trinajstić information content (AvgIpc) is 3.05. The third-order valence-corrected chi connectivity index (χ3v) is 9.85. The summed E-state index contributed by atoms with van der Waals surface area (Å²) < 4.78 is 0. The molecule has 0 spiro atoms. The molecule has 8 atom stereocenters. The number of aliphatic hydroxyl groups is 1. The normalized spacial score (nSPS) is 46.4. The Labute approximate surface area is 176 Å². The fourth-order valence-corrected chi connectivity index (χ4v) is 8.53. The van der Waals surface area contributed by atoms with E-state index in [1.165, 1.54) is 44.1 Å². The van der Waals surface area contributed by atoms with Crippen molar-refractivity contribution in [3.63, 3.8) is 0 Å². The number of rotatable bonds is 3.